The van der Waals surface area contributed by atoms with Crippen molar-refractivity contribution in [3.8, 4) is 5.75 Å². The van der Waals surface area contributed by atoms with E-state index in [-0.39, 0.29) is 6.10 Å². The van der Waals surface area contributed by atoms with E-state index in [1.165, 1.54) is 0 Å². The number of tetrazole rings is 1. The molecule has 0 aliphatic carbocycles. The molecule has 0 aliphatic rings. The van der Waals surface area contributed by atoms with Gasteiger partial charge in [0.05, 0.1) is 11.1 Å². The van der Waals surface area contributed by atoms with Gasteiger partial charge in [0.15, 0.2) is 0 Å². The van der Waals surface area contributed by atoms with Crippen molar-refractivity contribution in [2.24, 2.45) is 7.05 Å². The largest absolute Gasteiger partial charge is 0.489 e. The minimum atomic E-state index is 0.119. The molecule has 1 aromatic heterocycles. The Morgan fingerprint density at radius 2 is 2.23 bits per heavy atom. The molecule has 1 heterocycles. The zero-order chi connectivity index (χ0) is 15.9. The van der Waals surface area contributed by atoms with Crippen molar-refractivity contribution in [3.63, 3.8) is 0 Å². The first kappa shape index (κ1) is 17.1. The van der Waals surface area contributed by atoms with Crippen LogP contribution in [0.15, 0.2) is 23.4 Å². The third-order valence-corrected chi connectivity index (χ3v) is 4.09. The maximum atomic E-state index is 6.22. The predicted octanol–water partition coefficient (Wildman–Crippen LogP) is 2.53. The molecule has 0 saturated carbocycles. The second kappa shape index (κ2) is 8.36. The van der Waals surface area contributed by atoms with Crippen LogP contribution in [0.3, 0.4) is 0 Å². The second-order valence-corrected chi connectivity index (χ2v) is 6.51. The Hall–Kier alpha value is -1.31. The zero-order valence-corrected chi connectivity index (χ0v) is 14.5. The first-order valence-corrected chi connectivity index (χ1v) is 8.43. The molecule has 0 radical (unpaired) electrons. The summed E-state index contributed by atoms with van der Waals surface area (Å²) >= 11 is 7.84. The molecule has 0 fully saturated rings. The van der Waals surface area contributed by atoms with E-state index in [4.69, 9.17) is 16.3 Å². The van der Waals surface area contributed by atoms with Gasteiger partial charge in [-0.15, -0.1) is 5.10 Å². The standard InChI is InChI=1S/C14H20ClN5OS/c1-10(2)21-13-5-4-11(8-12(13)15)9-16-6-7-22-14-17-18-19-20(14)3/h4-5,8,10,16H,6-7,9H2,1-3H3. The maximum absolute atomic E-state index is 6.22. The molecule has 0 saturated heterocycles. The van der Waals surface area contributed by atoms with Gasteiger partial charge in [0.25, 0.3) is 0 Å². The monoisotopic (exact) mass is 341 g/mol. The van der Waals surface area contributed by atoms with E-state index in [2.05, 4.69) is 20.8 Å². The van der Waals surface area contributed by atoms with Crippen molar-refractivity contribution in [2.75, 3.05) is 12.3 Å². The molecular formula is C14H20ClN5OS. The number of thioether (sulfide) groups is 1. The van der Waals surface area contributed by atoms with Crippen molar-refractivity contribution in [2.45, 2.75) is 31.7 Å². The quantitative estimate of drug-likeness (QED) is 0.588. The minimum Gasteiger partial charge on any atom is -0.489 e. The van der Waals surface area contributed by atoms with E-state index < -0.39 is 0 Å². The second-order valence-electron chi connectivity index (χ2n) is 5.04. The Morgan fingerprint density at radius 3 is 2.86 bits per heavy atom. The summed E-state index contributed by atoms with van der Waals surface area (Å²) < 4.78 is 7.28. The molecule has 22 heavy (non-hydrogen) atoms. The molecule has 1 aromatic carbocycles. The lowest BCUT2D eigenvalue weighted by molar-refractivity contribution is 0.242. The highest BCUT2D eigenvalue weighted by atomic mass is 35.5. The number of aryl methyl sites for hydroxylation is 1. The summed E-state index contributed by atoms with van der Waals surface area (Å²) in [4.78, 5) is 0. The van der Waals surface area contributed by atoms with Crippen LogP contribution in [0, 0.1) is 0 Å². The fourth-order valence-corrected chi connectivity index (χ4v) is 2.79. The minimum absolute atomic E-state index is 0.119. The van der Waals surface area contributed by atoms with E-state index in [0.717, 1.165) is 35.3 Å². The number of ether oxygens (including phenoxy) is 1. The van der Waals surface area contributed by atoms with Gasteiger partial charge in [0.2, 0.25) is 5.16 Å². The third kappa shape index (κ3) is 5.15. The lowest BCUT2D eigenvalue weighted by atomic mass is 10.2. The summed E-state index contributed by atoms with van der Waals surface area (Å²) in [6.07, 6.45) is 0.119. The van der Waals surface area contributed by atoms with Crippen molar-refractivity contribution in [3.05, 3.63) is 28.8 Å². The molecule has 0 spiro atoms. The molecule has 0 unspecified atom stereocenters. The summed E-state index contributed by atoms with van der Waals surface area (Å²) in [5, 5.41) is 16.2. The molecule has 0 amide bonds. The Labute approximate surface area is 139 Å². The van der Waals surface area contributed by atoms with Crippen LogP contribution in [0.2, 0.25) is 5.02 Å². The highest BCUT2D eigenvalue weighted by Gasteiger charge is 2.05. The van der Waals surface area contributed by atoms with Crippen molar-refractivity contribution in [1.29, 1.82) is 0 Å². The van der Waals surface area contributed by atoms with Crippen LogP contribution in [0.4, 0.5) is 0 Å². The number of nitrogens with zero attached hydrogens (tertiary/aromatic N) is 4. The van der Waals surface area contributed by atoms with Gasteiger partial charge in [-0.25, -0.2) is 4.68 Å². The first-order chi connectivity index (χ1) is 10.6. The third-order valence-electron chi connectivity index (χ3n) is 2.78. The fourth-order valence-electron chi connectivity index (χ4n) is 1.79. The van der Waals surface area contributed by atoms with Crippen LogP contribution in [-0.4, -0.2) is 38.6 Å². The molecule has 2 rings (SSSR count). The van der Waals surface area contributed by atoms with E-state index in [0.29, 0.717) is 5.02 Å². The number of hydrogen-bond acceptors (Lipinski definition) is 6. The van der Waals surface area contributed by atoms with Gasteiger partial charge in [-0.3, -0.25) is 0 Å². The van der Waals surface area contributed by atoms with Crippen molar-refractivity contribution in [1.82, 2.24) is 25.5 Å². The molecule has 2 aromatic rings. The normalized spacial score (nSPS) is 11.1. The molecular weight excluding hydrogens is 322 g/mol. The summed E-state index contributed by atoms with van der Waals surface area (Å²) in [6, 6.07) is 5.88. The molecule has 0 aliphatic heterocycles. The Balaban J connectivity index is 1.73. The Kier molecular flexibility index (Phi) is 6.48. The highest BCUT2D eigenvalue weighted by Crippen LogP contribution is 2.26. The number of rotatable bonds is 8. The number of nitrogens with one attached hydrogen (secondary N) is 1. The summed E-state index contributed by atoms with van der Waals surface area (Å²) in [6.45, 7) is 5.59. The molecule has 6 nitrogen and oxygen atoms in total. The maximum Gasteiger partial charge on any atom is 0.209 e. The smallest absolute Gasteiger partial charge is 0.209 e. The van der Waals surface area contributed by atoms with Gasteiger partial charge in [0, 0.05) is 25.9 Å². The van der Waals surface area contributed by atoms with E-state index in [1.807, 2.05) is 39.1 Å². The van der Waals surface area contributed by atoms with Crippen LogP contribution in [0.25, 0.3) is 0 Å². The van der Waals surface area contributed by atoms with Gasteiger partial charge < -0.3 is 10.1 Å². The van der Waals surface area contributed by atoms with Gasteiger partial charge in [-0.2, -0.15) is 0 Å². The van der Waals surface area contributed by atoms with E-state index in [1.54, 1.807) is 16.4 Å². The van der Waals surface area contributed by atoms with Crippen LogP contribution >= 0.6 is 23.4 Å². The topological polar surface area (TPSA) is 64.9 Å². The molecule has 120 valence electrons. The highest BCUT2D eigenvalue weighted by molar-refractivity contribution is 7.99. The molecule has 0 bridgehead atoms. The lowest BCUT2D eigenvalue weighted by Crippen LogP contribution is -2.16. The summed E-state index contributed by atoms with van der Waals surface area (Å²) in [5.41, 5.74) is 1.13. The average Bonchev–Trinajstić information content (AvgIpc) is 2.86. The number of halogens is 1. The first-order valence-electron chi connectivity index (χ1n) is 7.07. The van der Waals surface area contributed by atoms with E-state index >= 15 is 0 Å². The number of hydrogen-bond donors (Lipinski definition) is 1. The zero-order valence-electron chi connectivity index (χ0n) is 12.9. The van der Waals surface area contributed by atoms with Crippen molar-refractivity contribution >= 4 is 23.4 Å². The van der Waals surface area contributed by atoms with Crippen molar-refractivity contribution < 1.29 is 4.74 Å². The van der Waals surface area contributed by atoms with Gasteiger partial charge >= 0.3 is 0 Å². The number of benzene rings is 1. The molecule has 8 heteroatoms. The summed E-state index contributed by atoms with van der Waals surface area (Å²) in [7, 11) is 1.83. The van der Waals surface area contributed by atoms with Gasteiger partial charge in [-0.1, -0.05) is 29.4 Å². The SMILES string of the molecule is CC(C)Oc1ccc(CNCCSc2nnnn2C)cc1Cl. The van der Waals surface area contributed by atoms with Crippen LogP contribution < -0.4 is 10.1 Å². The fraction of sp³-hybridized carbons (Fsp3) is 0.500. The van der Waals surface area contributed by atoms with Crippen LogP contribution in [0.1, 0.15) is 19.4 Å². The van der Waals surface area contributed by atoms with E-state index in [9.17, 15) is 0 Å². The lowest BCUT2D eigenvalue weighted by Gasteiger charge is -2.12. The Morgan fingerprint density at radius 1 is 1.41 bits per heavy atom. The predicted molar refractivity (Wildman–Crippen MR) is 88.4 cm³/mol. The Bertz CT molecular complexity index is 605. The van der Waals surface area contributed by atoms with Crippen LogP contribution in [-0.2, 0) is 13.6 Å². The molecule has 1 N–H and O–H groups in total. The van der Waals surface area contributed by atoms with Crippen LogP contribution in [0.5, 0.6) is 5.75 Å². The van der Waals surface area contributed by atoms with Gasteiger partial charge in [-0.05, 0) is 42.0 Å². The summed E-state index contributed by atoms with van der Waals surface area (Å²) in [5.74, 6) is 1.63. The number of aromatic nitrogens is 4. The van der Waals surface area contributed by atoms with Gasteiger partial charge in [0.1, 0.15) is 5.75 Å². The molecule has 0 atom stereocenters. The average molecular weight is 342 g/mol.